The zero-order valence-electron chi connectivity index (χ0n) is 20.2. The summed E-state index contributed by atoms with van der Waals surface area (Å²) < 4.78 is 17.3. The van der Waals surface area contributed by atoms with Crippen LogP contribution in [0.25, 0.3) is 10.9 Å². The van der Waals surface area contributed by atoms with E-state index in [2.05, 4.69) is 30.8 Å². The van der Waals surface area contributed by atoms with Gasteiger partial charge in [0.1, 0.15) is 5.82 Å². The van der Waals surface area contributed by atoms with Gasteiger partial charge in [0, 0.05) is 22.0 Å². The van der Waals surface area contributed by atoms with E-state index in [1.165, 1.54) is 30.1 Å². The number of halogens is 1. The Hall–Kier alpha value is -3.80. The molecule has 1 heterocycles. The number of aromatic nitrogens is 2. The Balaban J connectivity index is 2.15. The number of nitro benzene ring substituents is 1. The standard InChI is InChI=1S/C24H25BrN4O7/c1-5-14(3)23-27-18-8-7-16(25)11-17(18)24(31)28(23)26-12-15-9-19(29(32)33)22(20(10-15)35-6-2)36-13-21(30)34-4/h7-12,14H,5-6,13H2,1-4H3/t14-/m0/s1. The van der Waals surface area contributed by atoms with E-state index in [-0.39, 0.29) is 35.1 Å². The number of hydrogen-bond acceptors (Lipinski definition) is 9. The van der Waals surface area contributed by atoms with Crippen molar-refractivity contribution < 1.29 is 23.9 Å². The summed E-state index contributed by atoms with van der Waals surface area (Å²) in [6.07, 6.45) is 2.04. The van der Waals surface area contributed by atoms with Crippen LogP contribution in [0.15, 0.2) is 44.7 Å². The highest BCUT2D eigenvalue weighted by molar-refractivity contribution is 9.10. The second kappa shape index (κ2) is 11.8. The number of esters is 1. The Morgan fingerprint density at radius 3 is 2.67 bits per heavy atom. The quantitative estimate of drug-likeness (QED) is 0.154. The third-order valence-electron chi connectivity index (χ3n) is 5.32. The van der Waals surface area contributed by atoms with Crippen LogP contribution in [0, 0.1) is 10.1 Å². The van der Waals surface area contributed by atoms with Gasteiger partial charge < -0.3 is 14.2 Å². The number of methoxy groups -OCH3 is 1. The monoisotopic (exact) mass is 560 g/mol. The molecular weight excluding hydrogens is 536 g/mol. The van der Waals surface area contributed by atoms with Crippen molar-refractivity contribution in [2.24, 2.45) is 5.10 Å². The van der Waals surface area contributed by atoms with Gasteiger partial charge >= 0.3 is 11.7 Å². The number of nitrogens with zero attached hydrogens (tertiary/aromatic N) is 4. The van der Waals surface area contributed by atoms with Gasteiger partial charge in [-0.05, 0) is 37.6 Å². The first-order valence-corrected chi connectivity index (χ1v) is 11.9. The fourth-order valence-corrected chi connectivity index (χ4v) is 3.68. The molecule has 0 spiro atoms. The van der Waals surface area contributed by atoms with Crippen molar-refractivity contribution in [3.05, 3.63) is 66.7 Å². The molecule has 2 aromatic carbocycles. The molecule has 1 aromatic heterocycles. The summed E-state index contributed by atoms with van der Waals surface area (Å²) in [7, 11) is 1.18. The van der Waals surface area contributed by atoms with E-state index >= 15 is 0 Å². The van der Waals surface area contributed by atoms with E-state index in [0.717, 1.165) is 10.9 Å². The summed E-state index contributed by atoms with van der Waals surface area (Å²) in [5.74, 6) is -0.479. The Labute approximate surface area is 215 Å². The van der Waals surface area contributed by atoms with Crippen molar-refractivity contribution in [2.75, 3.05) is 20.3 Å². The number of hydrogen-bond donors (Lipinski definition) is 0. The molecular formula is C24H25BrN4O7. The van der Waals surface area contributed by atoms with Gasteiger partial charge in [-0.3, -0.25) is 14.9 Å². The van der Waals surface area contributed by atoms with Crippen LogP contribution in [0.3, 0.4) is 0 Å². The number of ether oxygens (including phenoxy) is 3. The molecule has 0 aliphatic carbocycles. The maximum absolute atomic E-state index is 13.3. The van der Waals surface area contributed by atoms with Crippen LogP contribution in [-0.4, -0.2) is 47.1 Å². The van der Waals surface area contributed by atoms with Crippen molar-refractivity contribution >= 4 is 44.7 Å². The minimum absolute atomic E-state index is 0.0483. The summed E-state index contributed by atoms with van der Waals surface area (Å²) >= 11 is 3.37. The number of fused-ring (bicyclic) bond motifs is 1. The third kappa shape index (κ3) is 5.88. The van der Waals surface area contributed by atoms with Crippen molar-refractivity contribution in [3.8, 4) is 11.5 Å². The summed E-state index contributed by atoms with van der Waals surface area (Å²) in [4.78, 5) is 40.6. The predicted octanol–water partition coefficient (Wildman–Crippen LogP) is 4.41. The average Bonchev–Trinajstić information content (AvgIpc) is 2.86. The molecule has 0 fully saturated rings. The lowest BCUT2D eigenvalue weighted by atomic mass is 10.1. The summed E-state index contributed by atoms with van der Waals surface area (Å²) in [6.45, 7) is 5.27. The van der Waals surface area contributed by atoms with Crippen LogP contribution in [0.1, 0.15) is 44.5 Å². The molecule has 0 radical (unpaired) electrons. The van der Waals surface area contributed by atoms with Crippen LogP contribution in [0.4, 0.5) is 5.69 Å². The number of rotatable bonds is 10. The number of nitro groups is 1. The van der Waals surface area contributed by atoms with Crippen LogP contribution in [0.5, 0.6) is 11.5 Å². The first kappa shape index (κ1) is 26.8. The van der Waals surface area contributed by atoms with E-state index < -0.39 is 23.2 Å². The smallest absolute Gasteiger partial charge is 0.343 e. The van der Waals surface area contributed by atoms with Gasteiger partial charge in [-0.1, -0.05) is 29.8 Å². The van der Waals surface area contributed by atoms with Gasteiger partial charge in [0.15, 0.2) is 12.4 Å². The van der Waals surface area contributed by atoms with E-state index in [1.807, 2.05) is 13.8 Å². The number of benzene rings is 2. The topological polar surface area (TPSA) is 135 Å². The van der Waals surface area contributed by atoms with Gasteiger partial charge in [-0.2, -0.15) is 9.78 Å². The minimum atomic E-state index is -0.704. The van der Waals surface area contributed by atoms with E-state index in [9.17, 15) is 19.7 Å². The summed E-state index contributed by atoms with van der Waals surface area (Å²) in [5.41, 5.74) is 0.0324. The van der Waals surface area contributed by atoms with E-state index in [1.54, 1.807) is 25.1 Å². The molecule has 3 aromatic rings. The second-order valence-electron chi connectivity index (χ2n) is 7.72. The molecule has 0 saturated carbocycles. The lowest BCUT2D eigenvalue weighted by Gasteiger charge is -2.14. The zero-order valence-corrected chi connectivity index (χ0v) is 21.8. The Bertz CT molecular complexity index is 1390. The van der Waals surface area contributed by atoms with Crippen LogP contribution in [0.2, 0.25) is 0 Å². The van der Waals surface area contributed by atoms with Gasteiger partial charge in [0.25, 0.3) is 5.56 Å². The number of carbonyl (C=O) groups excluding carboxylic acids is 1. The van der Waals surface area contributed by atoms with Crippen molar-refractivity contribution in [1.82, 2.24) is 9.66 Å². The number of carbonyl (C=O) groups is 1. The Kier molecular flexibility index (Phi) is 8.75. The largest absolute Gasteiger partial charge is 0.490 e. The molecule has 1 atom stereocenters. The summed E-state index contributed by atoms with van der Waals surface area (Å²) in [5, 5.41) is 16.5. The van der Waals surface area contributed by atoms with Crippen molar-refractivity contribution in [1.29, 1.82) is 0 Å². The zero-order chi connectivity index (χ0) is 26.4. The molecule has 0 unspecified atom stereocenters. The van der Waals surface area contributed by atoms with Crippen molar-refractivity contribution in [2.45, 2.75) is 33.1 Å². The van der Waals surface area contributed by atoms with Gasteiger partial charge in [0.2, 0.25) is 5.75 Å². The Morgan fingerprint density at radius 1 is 1.28 bits per heavy atom. The minimum Gasteiger partial charge on any atom is -0.490 e. The second-order valence-corrected chi connectivity index (χ2v) is 8.64. The third-order valence-corrected chi connectivity index (χ3v) is 5.82. The molecule has 12 heteroatoms. The SMILES string of the molecule is CCOc1cc(C=Nn2c([C@@H](C)CC)nc3ccc(Br)cc3c2=O)cc([N+](=O)[O-])c1OCC(=O)OC. The maximum Gasteiger partial charge on any atom is 0.343 e. The van der Waals surface area contributed by atoms with Gasteiger partial charge in [0.05, 0.1) is 35.8 Å². The highest BCUT2D eigenvalue weighted by Gasteiger charge is 2.24. The fraction of sp³-hybridized carbons (Fsp3) is 0.333. The molecule has 0 aliphatic rings. The first-order chi connectivity index (χ1) is 17.2. The van der Waals surface area contributed by atoms with Gasteiger partial charge in [-0.25, -0.2) is 9.78 Å². The molecule has 0 saturated heterocycles. The molecule has 11 nitrogen and oxygen atoms in total. The van der Waals surface area contributed by atoms with E-state index in [4.69, 9.17) is 9.47 Å². The molecule has 0 N–H and O–H groups in total. The predicted molar refractivity (Wildman–Crippen MR) is 137 cm³/mol. The van der Waals surface area contributed by atoms with Crippen LogP contribution in [-0.2, 0) is 9.53 Å². The summed E-state index contributed by atoms with van der Waals surface area (Å²) in [6, 6.07) is 7.93. The normalized spacial score (nSPS) is 12.0. The lowest BCUT2D eigenvalue weighted by molar-refractivity contribution is -0.385. The maximum atomic E-state index is 13.3. The first-order valence-electron chi connectivity index (χ1n) is 11.1. The van der Waals surface area contributed by atoms with Crippen LogP contribution < -0.4 is 15.0 Å². The highest BCUT2D eigenvalue weighted by atomic mass is 79.9. The van der Waals surface area contributed by atoms with E-state index in [0.29, 0.717) is 16.7 Å². The van der Waals surface area contributed by atoms with Crippen LogP contribution >= 0.6 is 15.9 Å². The fourth-order valence-electron chi connectivity index (χ4n) is 3.32. The molecule has 36 heavy (non-hydrogen) atoms. The average molecular weight is 561 g/mol. The van der Waals surface area contributed by atoms with Gasteiger partial charge in [-0.15, -0.1) is 0 Å². The molecule has 3 rings (SSSR count). The highest BCUT2D eigenvalue weighted by Crippen LogP contribution is 2.38. The Morgan fingerprint density at radius 2 is 2.03 bits per heavy atom. The molecule has 0 aliphatic heterocycles. The molecule has 190 valence electrons. The molecule has 0 amide bonds. The lowest BCUT2D eigenvalue weighted by Crippen LogP contribution is -2.23. The molecule has 0 bridgehead atoms. The van der Waals surface area contributed by atoms with Crippen molar-refractivity contribution in [3.63, 3.8) is 0 Å².